The Kier molecular flexibility index (Phi) is 7.39. The molecule has 6 heteroatoms. The number of ether oxygens (including phenoxy) is 2. The molecule has 13 heavy (non-hydrogen) atoms. The van der Waals surface area contributed by atoms with Gasteiger partial charge in [-0.15, -0.1) is 0 Å². The van der Waals surface area contributed by atoms with Crippen LogP contribution in [-0.4, -0.2) is 38.5 Å². The van der Waals surface area contributed by atoms with Crippen LogP contribution in [0.2, 0.25) is 0 Å². The summed E-state index contributed by atoms with van der Waals surface area (Å²) in [6.07, 6.45) is 3.27. The molecule has 0 radical (unpaired) electrons. The minimum atomic E-state index is -0.359. The lowest BCUT2D eigenvalue weighted by atomic mass is 10.6. The fourth-order valence-electron chi connectivity index (χ4n) is 0.606. The van der Waals surface area contributed by atoms with Crippen LogP contribution >= 0.6 is 11.8 Å². The molecule has 0 amide bonds. The van der Waals surface area contributed by atoms with E-state index in [0.29, 0.717) is 11.7 Å². The molecule has 0 aliphatic carbocycles. The third-order valence-corrected chi connectivity index (χ3v) is 1.88. The second-order valence-corrected chi connectivity index (χ2v) is 2.78. The Morgan fingerprint density at radius 1 is 1.62 bits per heavy atom. The van der Waals surface area contributed by atoms with Crippen LogP contribution in [0.3, 0.4) is 0 Å². The maximum absolute atomic E-state index is 8.33. The highest BCUT2D eigenvalue weighted by molar-refractivity contribution is 8.13. The number of thioether (sulfide) groups is 1. The highest BCUT2D eigenvalue weighted by Crippen LogP contribution is 1.97. The molecule has 0 spiro atoms. The van der Waals surface area contributed by atoms with Crippen LogP contribution in [0.15, 0.2) is 4.99 Å². The summed E-state index contributed by atoms with van der Waals surface area (Å²) in [6.45, 7) is 0.373. The van der Waals surface area contributed by atoms with Gasteiger partial charge in [-0.2, -0.15) is 5.26 Å². The van der Waals surface area contributed by atoms with Gasteiger partial charge in [-0.05, 0) is 6.26 Å². The van der Waals surface area contributed by atoms with Crippen LogP contribution < -0.4 is 5.32 Å². The predicted octanol–water partition coefficient (Wildman–Crippen LogP) is 0.395. The average Bonchev–Trinajstić information content (AvgIpc) is 2.17. The molecule has 0 saturated carbocycles. The monoisotopic (exact) mass is 203 g/mol. The van der Waals surface area contributed by atoms with Gasteiger partial charge in [0.15, 0.2) is 17.7 Å². The van der Waals surface area contributed by atoms with E-state index in [-0.39, 0.29) is 6.29 Å². The smallest absolute Gasteiger partial charge is 0.183 e. The number of aliphatic imine (C=N–C) groups is 1. The summed E-state index contributed by atoms with van der Waals surface area (Å²) in [4.78, 5) is 4.07. The average molecular weight is 203 g/mol. The number of amidine groups is 1. The minimum Gasteiger partial charge on any atom is -0.354 e. The van der Waals surface area contributed by atoms with Gasteiger partial charge in [0, 0.05) is 14.2 Å². The third kappa shape index (κ3) is 5.47. The van der Waals surface area contributed by atoms with Crippen LogP contribution in [0, 0.1) is 11.5 Å². The van der Waals surface area contributed by atoms with Crippen molar-refractivity contribution in [1.82, 2.24) is 5.32 Å². The van der Waals surface area contributed by atoms with Gasteiger partial charge in [0.25, 0.3) is 0 Å². The third-order valence-electron chi connectivity index (χ3n) is 1.27. The predicted molar refractivity (Wildman–Crippen MR) is 52.4 cm³/mol. The van der Waals surface area contributed by atoms with Crippen molar-refractivity contribution in [2.75, 3.05) is 27.0 Å². The quantitative estimate of drug-likeness (QED) is 0.235. The zero-order chi connectivity index (χ0) is 10.1. The Hall–Kier alpha value is -0.770. The fourth-order valence-corrected chi connectivity index (χ4v) is 0.957. The van der Waals surface area contributed by atoms with Crippen LogP contribution in [-0.2, 0) is 9.47 Å². The normalized spacial score (nSPS) is 11.5. The number of nitrogens with zero attached hydrogens (tertiary/aromatic N) is 2. The molecule has 1 N–H and O–H groups in total. The summed E-state index contributed by atoms with van der Waals surface area (Å²) in [5.41, 5.74) is 0. The molecule has 0 aromatic rings. The molecule has 0 aliphatic heterocycles. The Labute approximate surface area is 82.1 Å². The molecule has 5 nitrogen and oxygen atoms in total. The number of hydrogen-bond donors (Lipinski definition) is 1. The summed E-state index contributed by atoms with van der Waals surface area (Å²) in [7, 11) is 3.08. The maximum Gasteiger partial charge on any atom is 0.183 e. The van der Waals surface area contributed by atoms with Crippen LogP contribution in [0.4, 0.5) is 0 Å². The van der Waals surface area contributed by atoms with E-state index in [9.17, 15) is 0 Å². The Morgan fingerprint density at radius 2 is 2.23 bits per heavy atom. The van der Waals surface area contributed by atoms with Gasteiger partial charge in [-0.1, -0.05) is 11.8 Å². The number of rotatable bonds is 4. The zero-order valence-corrected chi connectivity index (χ0v) is 8.72. The van der Waals surface area contributed by atoms with E-state index in [1.807, 2.05) is 6.26 Å². The molecule has 0 bridgehead atoms. The molecule has 74 valence electrons. The molecule has 0 aromatic heterocycles. The van der Waals surface area contributed by atoms with Gasteiger partial charge in [-0.3, -0.25) is 10.3 Å². The van der Waals surface area contributed by atoms with E-state index in [1.54, 1.807) is 20.4 Å². The summed E-state index contributed by atoms with van der Waals surface area (Å²) in [6, 6.07) is 0. The summed E-state index contributed by atoms with van der Waals surface area (Å²) >= 11 is 1.36. The van der Waals surface area contributed by atoms with Crippen molar-refractivity contribution in [1.29, 1.82) is 5.26 Å². The molecule has 0 atom stereocenters. The number of hydrogen-bond acceptors (Lipinski definition) is 5. The minimum absolute atomic E-state index is 0.359. The Morgan fingerprint density at radius 3 is 2.62 bits per heavy atom. The largest absolute Gasteiger partial charge is 0.354 e. The van der Waals surface area contributed by atoms with Gasteiger partial charge < -0.3 is 9.47 Å². The molecule has 0 saturated heterocycles. The van der Waals surface area contributed by atoms with Gasteiger partial charge >= 0.3 is 0 Å². The molecule has 0 aliphatic rings. The Balaban J connectivity index is 3.97. The number of nitriles is 1. The molecule has 0 fully saturated rings. The van der Waals surface area contributed by atoms with Gasteiger partial charge in [0.05, 0.1) is 6.54 Å². The fraction of sp³-hybridized carbons (Fsp3) is 0.714. The summed E-state index contributed by atoms with van der Waals surface area (Å²) in [5, 5.41) is 11.3. The van der Waals surface area contributed by atoms with Gasteiger partial charge in [0.2, 0.25) is 0 Å². The van der Waals surface area contributed by atoms with Crippen molar-refractivity contribution >= 4 is 16.9 Å². The van der Waals surface area contributed by atoms with Crippen LogP contribution in [0.25, 0.3) is 0 Å². The molecule has 0 heterocycles. The molecule has 0 aromatic carbocycles. The van der Waals surface area contributed by atoms with Crippen molar-refractivity contribution in [3.05, 3.63) is 0 Å². The SMILES string of the molecule is COC(CN=C(NC#N)SC)OC. The first-order valence-corrected chi connectivity index (χ1v) is 4.80. The lowest BCUT2D eigenvalue weighted by molar-refractivity contribution is -0.0936. The first-order valence-electron chi connectivity index (χ1n) is 3.57. The molecule has 0 unspecified atom stereocenters. The molecular weight excluding hydrogens is 190 g/mol. The van der Waals surface area contributed by atoms with Crippen molar-refractivity contribution in [2.24, 2.45) is 4.99 Å². The van der Waals surface area contributed by atoms with Gasteiger partial charge in [0.1, 0.15) is 0 Å². The van der Waals surface area contributed by atoms with E-state index < -0.39 is 0 Å². The second kappa shape index (κ2) is 7.86. The first-order chi connectivity index (χ1) is 6.28. The zero-order valence-electron chi connectivity index (χ0n) is 7.90. The second-order valence-electron chi connectivity index (χ2n) is 1.99. The summed E-state index contributed by atoms with van der Waals surface area (Å²) < 4.78 is 9.85. The first kappa shape index (κ1) is 12.2. The van der Waals surface area contributed by atoms with Crippen molar-refractivity contribution in [3.8, 4) is 6.19 Å². The Bertz CT molecular complexity index is 198. The highest BCUT2D eigenvalue weighted by atomic mass is 32.2. The highest BCUT2D eigenvalue weighted by Gasteiger charge is 2.03. The van der Waals surface area contributed by atoms with E-state index in [0.717, 1.165) is 0 Å². The van der Waals surface area contributed by atoms with E-state index >= 15 is 0 Å². The van der Waals surface area contributed by atoms with E-state index in [1.165, 1.54) is 11.8 Å². The standard InChI is InChI=1S/C7H13N3O2S/c1-11-6(12-2)4-9-7(13-3)10-5-8/h6H,4H2,1-3H3,(H,9,10). The lowest BCUT2D eigenvalue weighted by Crippen LogP contribution is -2.20. The van der Waals surface area contributed by atoms with Crippen molar-refractivity contribution in [3.63, 3.8) is 0 Å². The van der Waals surface area contributed by atoms with Gasteiger partial charge in [-0.25, -0.2) is 0 Å². The van der Waals surface area contributed by atoms with Crippen LogP contribution in [0.5, 0.6) is 0 Å². The van der Waals surface area contributed by atoms with Crippen molar-refractivity contribution < 1.29 is 9.47 Å². The summed E-state index contributed by atoms with van der Waals surface area (Å²) in [5.74, 6) is 0. The van der Waals surface area contributed by atoms with Crippen molar-refractivity contribution in [2.45, 2.75) is 6.29 Å². The maximum atomic E-state index is 8.33. The number of methoxy groups -OCH3 is 2. The topological polar surface area (TPSA) is 66.6 Å². The lowest BCUT2D eigenvalue weighted by Gasteiger charge is -2.10. The number of nitrogens with one attached hydrogen (secondary N) is 1. The molecule has 0 rings (SSSR count). The van der Waals surface area contributed by atoms with Crippen LogP contribution in [0.1, 0.15) is 0 Å². The van der Waals surface area contributed by atoms with E-state index in [4.69, 9.17) is 14.7 Å². The molecular formula is C7H13N3O2S. The van der Waals surface area contributed by atoms with E-state index in [2.05, 4.69) is 10.3 Å².